The summed E-state index contributed by atoms with van der Waals surface area (Å²) in [6, 6.07) is 18.8. The summed E-state index contributed by atoms with van der Waals surface area (Å²) in [5.74, 6) is 0.368. The molecule has 2 nitrogen and oxygen atoms in total. The van der Waals surface area contributed by atoms with Gasteiger partial charge in [0.15, 0.2) is 0 Å². The molecule has 0 saturated heterocycles. The number of hydrogen-bond acceptors (Lipinski definition) is 2. The normalized spacial score (nSPS) is 23.6. The minimum Gasteiger partial charge on any atom is -0.466 e. The fourth-order valence-electron chi connectivity index (χ4n) is 3.14. The molecule has 0 radical (unpaired) electrons. The maximum Gasteiger partial charge on any atom is 0.310 e. The van der Waals surface area contributed by atoms with Crippen LogP contribution >= 0.6 is 0 Å². The Morgan fingerprint density at radius 3 is 2.10 bits per heavy atom. The Morgan fingerprint density at radius 2 is 1.52 bits per heavy atom. The summed E-state index contributed by atoms with van der Waals surface area (Å²) < 4.78 is 5.25. The molecule has 2 aromatic carbocycles. The Labute approximate surface area is 125 Å². The second kappa shape index (κ2) is 5.72. The van der Waals surface area contributed by atoms with Crippen molar-refractivity contribution in [3.63, 3.8) is 0 Å². The van der Waals surface area contributed by atoms with Gasteiger partial charge in [-0.25, -0.2) is 0 Å². The van der Waals surface area contributed by atoms with Gasteiger partial charge in [0.2, 0.25) is 0 Å². The third-order valence-corrected chi connectivity index (χ3v) is 4.23. The summed E-state index contributed by atoms with van der Waals surface area (Å²) in [6.07, 6.45) is 0. The minimum absolute atomic E-state index is 0.0462. The Morgan fingerprint density at radius 1 is 0.952 bits per heavy atom. The highest BCUT2D eigenvalue weighted by Gasteiger charge is 2.56. The van der Waals surface area contributed by atoms with E-state index in [0.717, 1.165) is 0 Å². The van der Waals surface area contributed by atoms with Crippen LogP contribution in [0.2, 0.25) is 0 Å². The number of rotatable bonds is 4. The summed E-state index contributed by atoms with van der Waals surface area (Å²) in [6.45, 7) is 4.38. The molecule has 1 aliphatic rings. The van der Waals surface area contributed by atoms with Crippen LogP contribution in [0.25, 0.3) is 0 Å². The summed E-state index contributed by atoms with van der Waals surface area (Å²) >= 11 is 0. The molecular weight excluding hydrogens is 260 g/mol. The van der Waals surface area contributed by atoms with Gasteiger partial charge in [0.25, 0.3) is 0 Å². The largest absolute Gasteiger partial charge is 0.466 e. The highest BCUT2D eigenvalue weighted by molar-refractivity contribution is 5.80. The first-order chi connectivity index (χ1) is 10.2. The molecule has 0 spiro atoms. The topological polar surface area (TPSA) is 26.3 Å². The van der Waals surface area contributed by atoms with Crippen molar-refractivity contribution in [2.24, 2.45) is 5.92 Å². The molecule has 2 aromatic rings. The summed E-state index contributed by atoms with van der Waals surface area (Å²) in [4.78, 5) is 12.2. The molecule has 3 atom stereocenters. The third kappa shape index (κ3) is 2.71. The van der Waals surface area contributed by atoms with Crippen LogP contribution in [0.3, 0.4) is 0 Å². The second-order valence-corrected chi connectivity index (χ2v) is 5.65. The van der Waals surface area contributed by atoms with Crippen molar-refractivity contribution in [3.05, 3.63) is 71.3 Å². The van der Waals surface area contributed by atoms with E-state index in [-0.39, 0.29) is 23.7 Å². The highest BCUT2D eigenvalue weighted by Crippen LogP contribution is 2.60. The van der Waals surface area contributed by atoms with Gasteiger partial charge in [0.05, 0.1) is 12.5 Å². The molecule has 2 heteroatoms. The molecule has 0 aromatic heterocycles. The van der Waals surface area contributed by atoms with Crippen molar-refractivity contribution in [1.82, 2.24) is 0 Å². The van der Waals surface area contributed by atoms with Crippen molar-refractivity contribution >= 4 is 5.97 Å². The first-order valence-electron chi connectivity index (χ1n) is 7.50. The van der Waals surface area contributed by atoms with Gasteiger partial charge in [-0.15, -0.1) is 0 Å². The monoisotopic (exact) mass is 280 g/mol. The Balaban J connectivity index is 1.89. The van der Waals surface area contributed by atoms with Crippen LogP contribution in [0, 0.1) is 12.8 Å². The number of hydrogen-bond donors (Lipinski definition) is 0. The second-order valence-electron chi connectivity index (χ2n) is 5.65. The quantitative estimate of drug-likeness (QED) is 0.790. The number of ether oxygens (including phenoxy) is 1. The highest BCUT2D eigenvalue weighted by atomic mass is 16.5. The van der Waals surface area contributed by atoms with E-state index in [4.69, 9.17) is 4.74 Å². The molecule has 0 amide bonds. The fourth-order valence-corrected chi connectivity index (χ4v) is 3.14. The Kier molecular flexibility index (Phi) is 3.78. The molecule has 0 bridgehead atoms. The maximum atomic E-state index is 12.2. The Hall–Kier alpha value is -2.09. The molecule has 21 heavy (non-hydrogen) atoms. The van der Waals surface area contributed by atoms with Crippen LogP contribution in [0.5, 0.6) is 0 Å². The lowest BCUT2D eigenvalue weighted by atomic mass is 10.0. The first-order valence-corrected chi connectivity index (χ1v) is 7.50. The van der Waals surface area contributed by atoms with Gasteiger partial charge >= 0.3 is 5.97 Å². The summed E-state index contributed by atoms with van der Waals surface area (Å²) in [7, 11) is 0. The van der Waals surface area contributed by atoms with Crippen LogP contribution in [0.1, 0.15) is 35.4 Å². The maximum absolute atomic E-state index is 12.2. The van der Waals surface area contributed by atoms with E-state index < -0.39 is 0 Å². The molecular formula is C19H20O2. The number of esters is 1. The zero-order valence-corrected chi connectivity index (χ0v) is 12.5. The van der Waals surface area contributed by atoms with Crippen molar-refractivity contribution in [2.45, 2.75) is 25.7 Å². The van der Waals surface area contributed by atoms with E-state index in [1.54, 1.807) is 0 Å². The smallest absolute Gasteiger partial charge is 0.310 e. The van der Waals surface area contributed by atoms with E-state index >= 15 is 0 Å². The summed E-state index contributed by atoms with van der Waals surface area (Å²) in [5, 5.41) is 0. The zero-order valence-electron chi connectivity index (χ0n) is 12.5. The zero-order chi connectivity index (χ0) is 14.8. The van der Waals surface area contributed by atoms with Gasteiger partial charge in [-0.2, -0.15) is 0 Å². The molecule has 0 heterocycles. The van der Waals surface area contributed by atoms with Gasteiger partial charge in [0.1, 0.15) is 0 Å². The lowest BCUT2D eigenvalue weighted by Gasteiger charge is -2.01. The van der Waals surface area contributed by atoms with Crippen LogP contribution in [0.4, 0.5) is 0 Å². The number of benzene rings is 2. The van der Waals surface area contributed by atoms with Crippen LogP contribution < -0.4 is 0 Å². The van der Waals surface area contributed by atoms with Gasteiger partial charge in [-0.05, 0) is 25.0 Å². The number of carbonyl (C=O) groups excluding carboxylic acids is 1. The number of carbonyl (C=O) groups is 1. The van der Waals surface area contributed by atoms with Crippen molar-refractivity contribution in [2.75, 3.05) is 6.61 Å². The molecule has 1 fully saturated rings. The van der Waals surface area contributed by atoms with Gasteiger partial charge < -0.3 is 4.74 Å². The van der Waals surface area contributed by atoms with Crippen LogP contribution in [-0.2, 0) is 9.53 Å². The molecule has 0 aliphatic heterocycles. The number of aryl methyl sites for hydroxylation is 1. The van der Waals surface area contributed by atoms with Gasteiger partial charge in [-0.1, -0.05) is 60.2 Å². The van der Waals surface area contributed by atoms with Gasteiger partial charge in [-0.3, -0.25) is 4.79 Å². The fraction of sp³-hybridized carbons (Fsp3) is 0.316. The molecule has 1 saturated carbocycles. The van der Waals surface area contributed by atoms with Crippen molar-refractivity contribution in [3.8, 4) is 0 Å². The van der Waals surface area contributed by atoms with Crippen molar-refractivity contribution in [1.29, 1.82) is 0 Å². The van der Waals surface area contributed by atoms with Crippen molar-refractivity contribution < 1.29 is 9.53 Å². The molecule has 0 N–H and O–H groups in total. The minimum atomic E-state index is -0.0723. The van der Waals surface area contributed by atoms with Crippen LogP contribution in [-0.4, -0.2) is 12.6 Å². The SMILES string of the molecule is CCOC(=O)C1[C@H](c2ccccc2)[C@H]1c1ccc(C)cc1. The summed E-state index contributed by atoms with van der Waals surface area (Å²) in [5.41, 5.74) is 3.69. The lowest BCUT2D eigenvalue weighted by Crippen LogP contribution is -2.08. The predicted octanol–water partition coefficient (Wildman–Crippen LogP) is 4.06. The van der Waals surface area contributed by atoms with E-state index in [1.165, 1.54) is 16.7 Å². The molecule has 1 unspecified atom stereocenters. The van der Waals surface area contributed by atoms with E-state index in [1.807, 2.05) is 25.1 Å². The Bertz CT molecular complexity index is 616. The molecule has 3 rings (SSSR count). The predicted molar refractivity (Wildman–Crippen MR) is 83.2 cm³/mol. The van der Waals surface area contributed by atoms with Gasteiger partial charge in [0, 0.05) is 11.8 Å². The standard InChI is InChI=1S/C19H20O2/c1-3-21-19(20)18-16(14-7-5-4-6-8-14)17(18)15-11-9-13(2)10-12-15/h4-12,16-18H,3H2,1-2H3/t16-,17-,18?/m1/s1. The first kappa shape index (κ1) is 13.9. The average Bonchev–Trinajstić information content (AvgIpc) is 3.25. The van der Waals surface area contributed by atoms with E-state index in [0.29, 0.717) is 6.61 Å². The average molecular weight is 280 g/mol. The van der Waals surface area contributed by atoms with Crippen LogP contribution in [0.15, 0.2) is 54.6 Å². The van der Waals surface area contributed by atoms with E-state index in [2.05, 4.69) is 43.3 Å². The third-order valence-electron chi connectivity index (χ3n) is 4.23. The van der Waals surface area contributed by atoms with E-state index in [9.17, 15) is 4.79 Å². The molecule has 1 aliphatic carbocycles. The molecule has 108 valence electrons. The lowest BCUT2D eigenvalue weighted by molar-refractivity contribution is -0.144.